The molecule has 0 aromatic heterocycles. The SMILES string of the molecule is FC1(F)CC[NH+](Cc2ccccc2)CC1. The van der Waals surface area contributed by atoms with Crippen LogP contribution in [0, 0.1) is 0 Å². The summed E-state index contributed by atoms with van der Waals surface area (Å²) in [5, 5.41) is 0. The van der Waals surface area contributed by atoms with Gasteiger partial charge >= 0.3 is 0 Å². The van der Waals surface area contributed by atoms with Crippen molar-refractivity contribution >= 4 is 0 Å². The molecule has 0 saturated carbocycles. The Kier molecular flexibility index (Phi) is 3.00. The second kappa shape index (κ2) is 4.27. The molecule has 15 heavy (non-hydrogen) atoms. The fourth-order valence-corrected chi connectivity index (χ4v) is 2.03. The zero-order chi connectivity index (χ0) is 10.7. The molecule has 1 N–H and O–H groups in total. The molecule has 0 amide bonds. The molecule has 1 aromatic rings. The van der Waals surface area contributed by atoms with E-state index in [1.807, 2.05) is 18.2 Å². The first-order valence-electron chi connectivity index (χ1n) is 5.41. The van der Waals surface area contributed by atoms with Crippen LogP contribution in [0.2, 0.25) is 0 Å². The van der Waals surface area contributed by atoms with Gasteiger partial charge in [-0.1, -0.05) is 30.3 Å². The first kappa shape index (κ1) is 10.6. The molecule has 1 heterocycles. The Labute approximate surface area is 88.7 Å². The molecular weight excluding hydrogens is 196 g/mol. The standard InChI is InChI=1S/C12H15F2N/c13-12(14)6-8-15(9-7-12)10-11-4-2-1-3-5-11/h1-5H,6-10H2/p+1. The predicted molar refractivity (Wildman–Crippen MR) is 55.0 cm³/mol. The minimum Gasteiger partial charge on any atom is -0.331 e. The van der Waals surface area contributed by atoms with E-state index in [0.29, 0.717) is 13.1 Å². The van der Waals surface area contributed by atoms with Gasteiger partial charge in [-0.25, -0.2) is 8.78 Å². The van der Waals surface area contributed by atoms with Crippen molar-refractivity contribution in [1.29, 1.82) is 0 Å². The molecule has 3 heteroatoms. The van der Waals surface area contributed by atoms with Crippen LogP contribution in [0.25, 0.3) is 0 Å². The number of rotatable bonds is 2. The molecular formula is C12H16F2N+. The van der Waals surface area contributed by atoms with E-state index in [1.165, 1.54) is 10.5 Å². The zero-order valence-electron chi connectivity index (χ0n) is 8.68. The van der Waals surface area contributed by atoms with Crippen molar-refractivity contribution in [3.63, 3.8) is 0 Å². The van der Waals surface area contributed by atoms with Crippen molar-refractivity contribution in [1.82, 2.24) is 0 Å². The van der Waals surface area contributed by atoms with Crippen LogP contribution in [0.1, 0.15) is 18.4 Å². The number of hydrogen-bond donors (Lipinski definition) is 1. The number of likely N-dealkylation sites (tertiary alicyclic amines) is 1. The molecule has 0 atom stereocenters. The number of piperidine rings is 1. The summed E-state index contributed by atoms with van der Waals surface area (Å²) in [6.45, 7) is 2.04. The van der Waals surface area contributed by atoms with Crippen molar-refractivity contribution in [2.45, 2.75) is 25.3 Å². The van der Waals surface area contributed by atoms with Crippen LogP contribution in [0.4, 0.5) is 8.78 Å². The minimum atomic E-state index is -2.42. The third-order valence-corrected chi connectivity index (χ3v) is 2.99. The molecule has 1 aromatic carbocycles. The lowest BCUT2D eigenvalue weighted by atomic mass is 10.1. The van der Waals surface area contributed by atoms with Crippen molar-refractivity contribution < 1.29 is 13.7 Å². The third-order valence-electron chi connectivity index (χ3n) is 2.99. The maximum Gasteiger partial charge on any atom is 0.258 e. The van der Waals surface area contributed by atoms with Gasteiger partial charge in [-0.05, 0) is 0 Å². The van der Waals surface area contributed by atoms with Crippen LogP contribution in [-0.2, 0) is 6.54 Å². The number of nitrogens with one attached hydrogen (secondary N) is 1. The van der Waals surface area contributed by atoms with E-state index in [1.54, 1.807) is 0 Å². The van der Waals surface area contributed by atoms with Gasteiger partial charge < -0.3 is 4.90 Å². The Bertz CT molecular complexity index is 301. The fraction of sp³-hybridized carbons (Fsp3) is 0.500. The Morgan fingerprint density at radius 2 is 1.67 bits per heavy atom. The van der Waals surface area contributed by atoms with Crippen molar-refractivity contribution in [2.75, 3.05) is 13.1 Å². The Morgan fingerprint density at radius 3 is 2.27 bits per heavy atom. The van der Waals surface area contributed by atoms with E-state index < -0.39 is 5.92 Å². The topological polar surface area (TPSA) is 4.44 Å². The maximum absolute atomic E-state index is 12.9. The first-order valence-corrected chi connectivity index (χ1v) is 5.41. The van der Waals surface area contributed by atoms with Crippen LogP contribution in [0.5, 0.6) is 0 Å². The molecule has 82 valence electrons. The maximum atomic E-state index is 12.9. The largest absolute Gasteiger partial charge is 0.331 e. The van der Waals surface area contributed by atoms with Crippen molar-refractivity contribution in [3.05, 3.63) is 35.9 Å². The molecule has 0 spiro atoms. The van der Waals surface area contributed by atoms with Gasteiger partial charge in [0.15, 0.2) is 0 Å². The summed E-state index contributed by atoms with van der Waals surface area (Å²) in [6, 6.07) is 10.1. The molecule has 0 aliphatic carbocycles. The van der Waals surface area contributed by atoms with E-state index in [4.69, 9.17) is 0 Å². The molecule has 0 unspecified atom stereocenters. The zero-order valence-corrected chi connectivity index (χ0v) is 8.68. The van der Waals surface area contributed by atoms with Crippen LogP contribution in [-0.4, -0.2) is 19.0 Å². The Morgan fingerprint density at radius 1 is 1.07 bits per heavy atom. The highest BCUT2D eigenvalue weighted by atomic mass is 19.3. The number of benzene rings is 1. The van der Waals surface area contributed by atoms with Gasteiger partial charge in [-0.2, -0.15) is 0 Å². The molecule has 1 fully saturated rings. The minimum absolute atomic E-state index is 0.0369. The quantitative estimate of drug-likeness (QED) is 0.757. The molecule has 0 bridgehead atoms. The highest BCUT2D eigenvalue weighted by molar-refractivity contribution is 5.13. The second-order valence-corrected chi connectivity index (χ2v) is 4.27. The monoisotopic (exact) mass is 212 g/mol. The fourth-order valence-electron chi connectivity index (χ4n) is 2.03. The first-order chi connectivity index (χ1) is 7.16. The normalized spacial score (nSPS) is 21.5. The lowest BCUT2D eigenvalue weighted by molar-refractivity contribution is -0.921. The molecule has 1 aliphatic heterocycles. The van der Waals surface area contributed by atoms with E-state index in [2.05, 4.69) is 12.1 Å². The van der Waals surface area contributed by atoms with Gasteiger partial charge in [0.2, 0.25) is 0 Å². The van der Waals surface area contributed by atoms with E-state index in [-0.39, 0.29) is 12.8 Å². The molecule has 1 nitrogen and oxygen atoms in total. The van der Waals surface area contributed by atoms with Crippen LogP contribution in [0.3, 0.4) is 0 Å². The third kappa shape index (κ3) is 2.99. The van der Waals surface area contributed by atoms with Crippen molar-refractivity contribution in [2.24, 2.45) is 0 Å². The van der Waals surface area contributed by atoms with Crippen LogP contribution >= 0.6 is 0 Å². The average molecular weight is 212 g/mol. The second-order valence-electron chi connectivity index (χ2n) is 4.27. The number of quaternary nitrogens is 1. The van der Waals surface area contributed by atoms with Gasteiger partial charge in [0.1, 0.15) is 6.54 Å². The molecule has 1 aliphatic rings. The summed E-state index contributed by atoms with van der Waals surface area (Å²) in [6.07, 6.45) is 0.0737. The lowest BCUT2D eigenvalue weighted by Gasteiger charge is -2.28. The molecule has 1 saturated heterocycles. The highest BCUT2D eigenvalue weighted by Gasteiger charge is 2.36. The molecule has 2 rings (SSSR count). The summed E-state index contributed by atoms with van der Waals surface area (Å²) >= 11 is 0. The smallest absolute Gasteiger partial charge is 0.258 e. The van der Waals surface area contributed by atoms with E-state index >= 15 is 0 Å². The van der Waals surface area contributed by atoms with Gasteiger partial charge in [0.05, 0.1) is 25.9 Å². The van der Waals surface area contributed by atoms with Gasteiger partial charge in [0.25, 0.3) is 5.92 Å². The summed E-state index contributed by atoms with van der Waals surface area (Å²) < 4.78 is 25.8. The summed E-state index contributed by atoms with van der Waals surface area (Å²) in [7, 11) is 0. The number of hydrogen-bond acceptors (Lipinski definition) is 0. The van der Waals surface area contributed by atoms with E-state index in [9.17, 15) is 8.78 Å². The van der Waals surface area contributed by atoms with Gasteiger partial charge in [-0.3, -0.25) is 0 Å². The van der Waals surface area contributed by atoms with Gasteiger partial charge in [0, 0.05) is 5.56 Å². The summed E-state index contributed by atoms with van der Waals surface area (Å²) in [4.78, 5) is 1.27. The van der Waals surface area contributed by atoms with Crippen LogP contribution in [0.15, 0.2) is 30.3 Å². The predicted octanol–water partition coefficient (Wildman–Crippen LogP) is 1.50. The average Bonchev–Trinajstić information content (AvgIpc) is 2.23. The lowest BCUT2D eigenvalue weighted by Crippen LogP contribution is -3.12. The highest BCUT2D eigenvalue weighted by Crippen LogP contribution is 2.22. The number of alkyl halides is 2. The van der Waals surface area contributed by atoms with Gasteiger partial charge in [-0.15, -0.1) is 0 Å². The Balaban J connectivity index is 1.88. The number of halogens is 2. The van der Waals surface area contributed by atoms with Crippen LogP contribution < -0.4 is 4.90 Å². The van der Waals surface area contributed by atoms with E-state index in [0.717, 1.165) is 6.54 Å². The van der Waals surface area contributed by atoms with Crippen molar-refractivity contribution in [3.8, 4) is 0 Å². The Hall–Kier alpha value is -0.960. The summed E-state index contributed by atoms with van der Waals surface area (Å²) in [5.41, 5.74) is 1.23. The summed E-state index contributed by atoms with van der Waals surface area (Å²) in [5.74, 6) is -2.42. The molecule has 0 radical (unpaired) electrons.